The first-order valence-corrected chi connectivity index (χ1v) is 3.84. The molecule has 0 aliphatic carbocycles. The molecule has 0 bridgehead atoms. The fourth-order valence-corrected chi connectivity index (χ4v) is 1.07. The first-order chi connectivity index (χ1) is 4.75. The summed E-state index contributed by atoms with van der Waals surface area (Å²) >= 11 is 4.90. The van der Waals surface area contributed by atoms with Crippen molar-refractivity contribution >= 4 is 17.3 Å². The predicted molar refractivity (Wildman–Crippen MR) is 43.9 cm³/mol. The highest BCUT2D eigenvalue weighted by molar-refractivity contribution is 7.80. The molecule has 0 aromatic rings. The summed E-state index contributed by atoms with van der Waals surface area (Å²) < 4.78 is 0. The van der Waals surface area contributed by atoms with Crippen molar-refractivity contribution < 1.29 is 0 Å². The molecule has 1 aliphatic rings. The van der Waals surface area contributed by atoms with Gasteiger partial charge in [-0.25, -0.2) is 0 Å². The quantitative estimate of drug-likeness (QED) is 0.572. The number of azo groups is 1. The maximum atomic E-state index is 4.90. The van der Waals surface area contributed by atoms with E-state index in [-0.39, 0.29) is 6.17 Å². The first-order valence-electron chi connectivity index (χ1n) is 3.43. The zero-order chi connectivity index (χ0) is 7.56. The van der Waals surface area contributed by atoms with Crippen LogP contribution in [0.25, 0.3) is 0 Å². The van der Waals surface area contributed by atoms with Gasteiger partial charge in [-0.1, -0.05) is 13.3 Å². The van der Waals surface area contributed by atoms with Gasteiger partial charge >= 0.3 is 0 Å². The van der Waals surface area contributed by atoms with E-state index in [1.165, 1.54) is 0 Å². The molecule has 1 heterocycles. The van der Waals surface area contributed by atoms with Crippen molar-refractivity contribution in [2.45, 2.75) is 25.9 Å². The summed E-state index contributed by atoms with van der Waals surface area (Å²) in [6.45, 7) is 2.13. The Kier molecular flexibility index (Phi) is 2.32. The Balaban J connectivity index is 2.49. The third-order valence-corrected chi connectivity index (χ3v) is 1.94. The summed E-state index contributed by atoms with van der Waals surface area (Å²) in [5.74, 6) is 0. The number of thiocarbonyl (C=S) groups is 1. The second-order valence-corrected chi connectivity index (χ2v) is 2.74. The zero-order valence-electron chi connectivity index (χ0n) is 6.24. The van der Waals surface area contributed by atoms with Gasteiger partial charge in [0.25, 0.3) is 0 Å². The van der Waals surface area contributed by atoms with Gasteiger partial charge in [-0.3, -0.25) is 0 Å². The smallest absolute Gasteiger partial charge is 0.217 e. The normalized spacial score (nSPS) is 24.4. The van der Waals surface area contributed by atoms with Crippen LogP contribution in [-0.2, 0) is 0 Å². The van der Waals surface area contributed by atoms with E-state index in [4.69, 9.17) is 12.2 Å². The second kappa shape index (κ2) is 3.05. The lowest BCUT2D eigenvalue weighted by Crippen LogP contribution is -2.28. The van der Waals surface area contributed by atoms with Gasteiger partial charge < -0.3 is 4.90 Å². The molecule has 1 aliphatic heterocycles. The summed E-state index contributed by atoms with van der Waals surface area (Å²) in [4.78, 5) is 1.93. The van der Waals surface area contributed by atoms with Gasteiger partial charge in [0.1, 0.15) is 6.17 Å². The lowest BCUT2D eigenvalue weighted by Gasteiger charge is -2.15. The summed E-state index contributed by atoms with van der Waals surface area (Å²) in [6, 6.07) is 0. The van der Waals surface area contributed by atoms with E-state index in [0.29, 0.717) is 5.11 Å². The molecule has 0 aromatic carbocycles. The van der Waals surface area contributed by atoms with Crippen molar-refractivity contribution in [2.24, 2.45) is 10.2 Å². The van der Waals surface area contributed by atoms with Crippen LogP contribution in [0.1, 0.15) is 19.8 Å². The van der Waals surface area contributed by atoms with E-state index >= 15 is 0 Å². The third kappa shape index (κ3) is 1.31. The van der Waals surface area contributed by atoms with Crippen LogP contribution in [0.3, 0.4) is 0 Å². The summed E-state index contributed by atoms with van der Waals surface area (Å²) in [7, 11) is 1.93. The van der Waals surface area contributed by atoms with E-state index < -0.39 is 0 Å². The number of hydrogen-bond donors (Lipinski definition) is 0. The van der Waals surface area contributed by atoms with Gasteiger partial charge in [-0.15, -0.1) is 5.11 Å². The van der Waals surface area contributed by atoms with E-state index in [1.807, 2.05) is 11.9 Å². The fourth-order valence-electron chi connectivity index (χ4n) is 0.901. The number of rotatable bonds is 2. The summed E-state index contributed by atoms with van der Waals surface area (Å²) in [5.41, 5.74) is 0. The van der Waals surface area contributed by atoms with Gasteiger partial charge in [0, 0.05) is 7.05 Å². The average Bonchev–Trinajstić information content (AvgIpc) is 2.20. The molecule has 1 unspecified atom stereocenters. The topological polar surface area (TPSA) is 28.0 Å². The van der Waals surface area contributed by atoms with Crippen LogP contribution in [0.4, 0.5) is 0 Å². The van der Waals surface area contributed by atoms with Gasteiger partial charge in [0.15, 0.2) is 0 Å². The van der Waals surface area contributed by atoms with Gasteiger partial charge in [-0.2, -0.15) is 5.11 Å². The molecule has 0 saturated carbocycles. The Morgan fingerprint density at radius 3 is 2.80 bits per heavy atom. The van der Waals surface area contributed by atoms with Crippen LogP contribution in [0.2, 0.25) is 0 Å². The highest BCUT2D eigenvalue weighted by atomic mass is 32.1. The Morgan fingerprint density at radius 1 is 1.70 bits per heavy atom. The SMILES string of the molecule is CCCC1N=NC(=S)N1C. The molecule has 1 rings (SSSR count). The molecular weight excluding hydrogens is 146 g/mol. The van der Waals surface area contributed by atoms with E-state index in [9.17, 15) is 0 Å². The summed E-state index contributed by atoms with van der Waals surface area (Å²) in [6.07, 6.45) is 2.37. The van der Waals surface area contributed by atoms with Crippen molar-refractivity contribution in [1.82, 2.24) is 4.90 Å². The predicted octanol–water partition coefficient (Wildman–Crippen LogP) is 1.80. The molecule has 0 amide bonds. The number of nitrogens with zero attached hydrogens (tertiary/aromatic N) is 3. The largest absolute Gasteiger partial charge is 0.325 e. The molecule has 0 radical (unpaired) electrons. The molecule has 10 heavy (non-hydrogen) atoms. The van der Waals surface area contributed by atoms with Crippen LogP contribution in [0, 0.1) is 0 Å². The van der Waals surface area contributed by atoms with Gasteiger partial charge in [-0.05, 0) is 18.6 Å². The van der Waals surface area contributed by atoms with Crippen LogP contribution in [0.15, 0.2) is 10.2 Å². The maximum Gasteiger partial charge on any atom is 0.217 e. The Morgan fingerprint density at radius 2 is 2.40 bits per heavy atom. The highest BCUT2D eigenvalue weighted by Crippen LogP contribution is 2.14. The first kappa shape index (κ1) is 7.60. The summed E-state index contributed by atoms with van der Waals surface area (Å²) in [5, 5.41) is 8.41. The lowest BCUT2D eigenvalue weighted by molar-refractivity contribution is 0.375. The fraction of sp³-hybridized carbons (Fsp3) is 0.833. The van der Waals surface area contributed by atoms with E-state index in [0.717, 1.165) is 12.8 Å². The number of hydrogen-bond acceptors (Lipinski definition) is 2. The third-order valence-electron chi connectivity index (χ3n) is 1.57. The van der Waals surface area contributed by atoms with Crippen molar-refractivity contribution in [2.75, 3.05) is 7.05 Å². The molecule has 0 spiro atoms. The molecule has 0 N–H and O–H groups in total. The van der Waals surface area contributed by atoms with E-state index in [2.05, 4.69) is 17.2 Å². The van der Waals surface area contributed by atoms with Crippen molar-refractivity contribution in [3.8, 4) is 0 Å². The van der Waals surface area contributed by atoms with Crippen LogP contribution >= 0.6 is 12.2 Å². The molecular formula is C6H11N3S. The van der Waals surface area contributed by atoms with Crippen molar-refractivity contribution in [3.63, 3.8) is 0 Å². The lowest BCUT2D eigenvalue weighted by atomic mass is 10.3. The molecule has 3 nitrogen and oxygen atoms in total. The standard InChI is InChI=1S/C6H11N3S/c1-3-4-5-7-8-6(10)9(5)2/h5H,3-4H2,1-2H3. The van der Waals surface area contributed by atoms with Crippen LogP contribution in [0.5, 0.6) is 0 Å². The molecule has 0 fully saturated rings. The second-order valence-electron chi connectivity index (χ2n) is 2.38. The van der Waals surface area contributed by atoms with Gasteiger partial charge in [0.05, 0.1) is 0 Å². The Hall–Kier alpha value is -0.510. The minimum atomic E-state index is 0.206. The van der Waals surface area contributed by atoms with Gasteiger partial charge in [0.2, 0.25) is 5.11 Å². The maximum absolute atomic E-state index is 4.90. The molecule has 0 saturated heterocycles. The van der Waals surface area contributed by atoms with Crippen LogP contribution < -0.4 is 0 Å². The Labute approximate surface area is 66.1 Å². The Bertz CT molecular complexity index is 166. The van der Waals surface area contributed by atoms with Crippen LogP contribution in [-0.4, -0.2) is 23.2 Å². The minimum absolute atomic E-state index is 0.206. The molecule has 4 heteroatoms. The van der Waals surface area contributed by atoms with E-state index in [1.54, 1.807) is 0 Å². The molecule has 1 atom stereocenters. The minimum Gasteiger partial charge on any atom is -0.325 e. The highest BCUT2D eigenvalue weighted by Gasteiger charge is 2.20. The zero-order valence-corrected chi connectivity index (χ0v) is 7.06. The molecule has 0 aromatic heterocycles. The van der Waals surface area contributed by atoms with Crippen molar-refractivity contribution in [3.05, 3.63) is 0 Å². The monoisotopic (exact) mass is 157 g/mol. The average molecular weight is 157 g/mol. The molecule has 56 valence electrons. The van der Waals surface area contributed by atoms with Crippen molar-refractivity contribution in [1.29, 1.82) is 0 Å².